The van der Waals surface area contributed by atoms with Gasteiger partial charge >= 0.3 is 0 Å². The van der Waals surface area contributed by atoms with Crippen molar-refractivity contribution in [3.8, 4) is 0 Å². The summed E-state index contributed by atoms with van der Waals surface area (Å²) in [4.78, 5) is 4.51. The summed E-state index contributed by atoms with van der Waals surface area (Å²) in [5, 5.41) is 0. The average molecular weight is 249 g/mol. The van der Waals surface area contributed by atoms with Crippen LogP contribution in [0.25, 0.3) is 0 Å². The van der Waals surface area contributed by atoms with E-state index in [0.717, 1.165) is 24.0 Å². The van der Waals surface area contributed by atoms with Crippen LogP contribution in [0.5, 0.6) is 0 Å². The Bertz CT molecular complexity index is 372. The predicted molar refractivity (Wildman–Crippen MR) is 74.8 cm³/mol. The lowest BCUT2D eigenvalue weighted by atomic mass is 9.80. The summed E-state index contributed by atoms with van der Waals surface area (Å²) in [6.45, 7) is 8.91. The molecule has 0 aliphatic heterocycles. The molecule has 0 spiro atoms. The molecule has 1 heterocycles. The molecule has 2 rings (SSSR count). The van der Waals surface area contributed by atoms with Crippen molar-refractivity contribution in [3.05, 3.63) is 17.8 Å². The molecule has 1 fully saturated rings. The summed E-state index contributed by atoms with van der Waals surface area (Å²) in [7, 11) is 0. The minimum atomic E-state index is 0.0683. The number of aromatic nitrogens is 1. The van der Waals surface area contributed by atoms with Crippen LogP contribution in [-0.2, 0) is 5.41 Å². The second kappa shape index (κ2) is 5.46. The lowest BCUT2D eigenvalue weighted by Gasteiger charge is -2.26. The SMILES string of the molecule is CCC(C)(C)c1ncc([C@H]2CC[C@H](CC)CC2)o1. The van der Waals surface area contributed by atoms with Crippen LogP contribution < -0.4 is 0 Å². The third kappa shape index (κ3) is 2.78. The fourth-order valence-corrected chi connectivity index (χ4v) is 2.79. The van der Waals surface area contributed by atoms with Crippen LogP contribution in [-0.4, -0.2) is 4.98 Å². The first-order valence-corrected chi connectivity index (χ1v) is 7.53. The Kier molecular flexibility index (Phi) is 4.14. The van der Waals surface area contributed by atoms with Crippen LogP contribution in [0.4, 0.5) is 0 Å². The van der Waals surface area contributed by atoms with E-state index in [9.17, 15) is 0 Å². The minimum absolute atomic E-state index is 0.0683. The van der Waals surface area contributed by atoms with Crippen LogP contribution >= 0.6 is 0 Å². The molecule has 1 aliphatic carbocycles. The van der Waals surface area contributed by atoms with Gasteiger partial charge in [0.25, 0.3) is 0 Å². The Morgan fingerprint density at radius 2 is 1.89 bits per heavy atom. The molecule has 0 aromatic carbocycles. The second-order valence-corrected chi connectivity index (χ2v) is 6.43. The van der Waals surface area contributed by atoms with Crippen molar-refractivity contribution >= 4 is 0 Å². The van der Waals surface area contributed by atoms with E-state index in [1.807, 2.05) is 6.20 Å². The molecule has 0 radical (unpaired) electrons. The standard InChI is InChI=1S/C16H27NO/c1-5-12-7-9-13(10-8-12)14-11-17-15(18-14)16(3,4)6-2/h11-13H,5-10H2,1-4H3/t12-,13-. The molecule has 0 bridgehead atoms. The molecule has 102 valence electrons. The quantitative estimate of drug-likeness (QED) is 0.746. The van der Waals surface area contributed by atoms with Crippen molar-refractivity contribution in [2.24, 2.45) is 5.92 Å². The maximum absolute atomic E-state index is 6.04. The third-order valence-corrected chi connectivity index (χ3v) is 4.81. The van der Waals surface area contributed by atoms with Gasteiger partial charge in [-0.05, 0) is 38.0 Å². The summed E-state index contributed by atoms with van der Waals surface area (Å²) >= 11 is 0. The van der Waals surface area contributed by atoms with Gasteiger partial charge in [0, 0.05) is 11.3 Å². The Balaban J connectivity index is 2.03. The van der Waals surface area contributed by atoms with Gasteiger partial charge in [0.05, 0.1) is 6.20 Å². The molecule has 1 aromatic rings. The van der Waals surface area contributed by atoms with Gasteiger partial charge < -0.3 is 4.42 Å². The molecule has 1 aromatic heterocycles. The Hall–Kier alpha value is -0.790. The molecule has 18 heavy (non-hydrogen) atoms. The van der Waals surface area contributed by atoms with E-state index < -0.39 is 0 Å². The Labute approximate surface area is 111 Å². The van der Waals surface area contributed by atoms with Crippen molar-refractivity contribution in [1.29, 1.82) is 0 Å². The Morgan fingerprint density at radius 3 is 2.44 bits per heavy atom. The highest BCUT2D eigenvalue weighted by molar-refractivity contribution is 5.08. The van der Waals surface area contributed by atoms with E-state index in [1.165, 1.54) is 32.1 Å². The van der Waals surface area contributed by atoms with E-state index in [1.54, 1.807) is 0 Å². The summed E-state index contributed by atoms with van der Waals surface area (Å²) in [5.41, 5.74) is 0.0683. The molecule has 0 N–H and O–H groups in total. The molecular weight excluding hydrogens is 222 g/mol. The van der Waals surface area contributed by atoms with E-state index in [0.29, 0.717) is 5.92 Å². The molecule has 0 atom stereocenters. The van der Waals surface area contributed by atoms with Crippen molar-refractivity contribution < 1.29 is 4.42 Å². The first kappa shape index (κ1) is 13.6. The highest BCUT2D eigenvalue weighted by Gasteiger charge is 2.28. The van der Waals surface area contributed by atoms with Crippen LogP contribution in [0.3, 0.4) is 0 Å². The molecule has 1 saturated carbocycles. The number of hydrogen-bond donors (Lipinski definition) is 0. The third-order valence-electron chi connectivity index (χ3n) is 4.81. The summed E-state index contributed by atoms with van der Waals surface area (Å²) in [5.74, 6) is 3.59. The average Bonchev–Trinajstić information content (AvgIpc) is 2.89. The lowest BCUT2D eigenvalue weighted by molar-refractivity contribution is 0.275. The van der Waals surface area contributed by atoms with Crippen molar-refractivity contribution in [2.45, 2.75) is 77.6 Å². The molecule has 0 unspecified atom stereocenters. The zero-order valence-electron chi connectivity index (χ0n) is 12.3. The van der Waals surface area contributed by atoms with E-state index >= 15 is 0 Å². The number of oxazole rings is 1. The van der Waals surface area contributed by atoms with Crippen molar-refractivity contribution in [3.63, 3.8) is 0 Å². The number of rotatable bonds is 4. The number of nitrogens with zero attached hydrogens (tertiary/aromatic N) is 1. The molecule has 0 saturated heterocycles. The Morgan fingerprint density at radius 1 is 1.22 bits per heavy atom. The fraction of sp³-hybridized carbons (Fsp3) is 0.812. The maximum atomic E-state index is 6.04. The minimum Gasteiger partial charge on any atom is -0.445 e. The fourth-order valence-electron chi connectivity index (χ4n) is 2.79. The largest absolute Gasteiger partial charge is 0.445 e. The smallest absolute Gasteiger partial charge is 0.200 e. The van der Waals surface area contributed by atoms with E-state index in [-0.39, 0.29) is 5.41 Å². The topological polar surface area (TPSA) is 26.0 Å². The van der Waals surface area contributed by atoms with Crippen LogP contribution in [0.15, 0.2) is 10.6 Å². The molecular formula is C16H27NO. The normalized spacial score (nSPS) is 25.3. The van der Waals surface area contributed by atoms with Gasteiger partial charge in [0.15, 0.2) is 5.89 Å². The predicted octanol–water partition coefficient (Wildman–Crippen LogP) is 5.05. The van der Waals surface area contributed by atoms with Crippen LogP contribution in [0, 0.1) is 5.92 Å². The monoisotopic (exact) mass is 249 g/mol. The molecule has 0 amide bonds. The van der Waals surface area contributed by atoms with Crippen molar-refractivity contribution in [1.82, 2.24) is 4.98 Å². The highest BCUT2D eigenvalue weighted by atomic mass is 16.4. The molecule has 1 aliphatic rings. The lowest BCUT2D eigenvalue weighted by Crippen LogP contribution is -2.16. The zero-order chi connectivity index (χ0) is 13.2. The highest BCUT2D eigenvalue weighted by Crippen LogP contribution is 2.38. The first-order valence-electron chi connectivity index (χ1n) is 7.53. The van der Waals surface area contributed by atoms with Gasteiger partial charge in [-0.15, -0.1) is 0 Å². The first-order chi connectivity index (χ1) is 8.56. The molecule has 2 heteroatoms. The number of hydrogen-bond acceptors (Lipinski definition) is 2. The van der Waals surface area contributed by atoms with Gasteiger partial charge in [-0.2, -0.15) is 0 Å². The van der Waals surface area contributed by atoms with Gasteiger partial charge in [-0.25, -0.2) is 4.98 Å². The molecule has 2 nitrogen and oxygen atoms in total. The summed E-state index contributed by atoms with van der Waals surface area (Å²) in [6.07, 6.45) is 9.64. The maximum Gasteiger partial charge on any atom is 0.200 e. The van der Waals surface area contributed by atoms with Crippen molar-refractivity contribution in [2.75, 3.05) is 0 Å². The summed E-state index contributed by atoms with van der Waals surface area (Å²) < 4.78 is 6.04. The van der Waals surface area contributed by atoms with Gasteiger partial charge in [-0.3, -0.25) is 0 Å². The second-order valence-electron chi connectivity index (χ2n) is 6.43. The zero-order valence-corrected chi connectivity index (χ0v) is 12.3. The van der Waals surface area contributed by atoms with E-state index in [2.05, 4.69) is 32.7 Å². The van der Waals surface area contributed by atoms with Gasteiger partial charge in [-0.1, -0.05) is 34.1 Å². The van der Waals surface area contributed by atoms with E-state index in [4.69, 9.17) is 4.42 Å². The van der Waals surface area contributed by atoms with Gasteiger partial charge in [0.2, 0.25) is 0 Å². The van der Waals surface area contributed by atoms with Crippen LogP contribution in [0.2, 0.25) is 0 Å². The summed E-state index contributed by atoms with van der Waals surface area (Å²) in [6, 6.07) is 0. The van der Waals surface area contributed by atoms with Gasteiger partial charge in [0.1, 0.15) is 5.76 Å². The van der Waals surface area contributed by atoms with Crippen LogP contribution in [0.1, 0.15) is 83.8 Å².